The molecule has 1 amide bonds. The molecule has 1 aromatic carbocycles. The molecule has 1 aromatic rings. The van der Waals surface area contributed by atoms with Crippen molar-refractivity contribution in [1.82, 2.24) is 5.06 Å². The molecule has 0 aromatic heterocycles. The summed E-state index contributed by atoms with van der Waals surface area (Å²) in [7, 11) is 0. The Labute approximate surface area is 105 Å². The first-order valence-electron chi connectivity index (χ1n) is 5.25. The summed E-state index contributed by atoms with van der Waals surface area (Å²) < 4.78 is 5.01. The number of terminal acetylenes is 1. The fraction of sp³-hybridized carbons (Fsp3) is 0.231. The van der Waals surface area contributed by atoms with Gasteiger partial charge in [0.15, 0.2) is 0 Å². The van der Waals surface area contributed by atoms with Crippen molar-refractivity contribution < 1.29 is 19.2 Å². The van der Waals surface area contributed by atoms with Crippen molar-refractivity contribution in [3.05, 3.63) is 30.3 Å². The van der Waals surface area contributed by atoms with Gasteiger partial charge in [-0.1, -0.05) is 24.1 Å². The largest absolute Gasteiger partial charge is 0.449 e. The first-order chi connectivity index (χ1) is 8.54. The van der Waals surface area contributed by atoms with E-state index in [-0.39, 0.29) is 0 Å². The van der Waals surface area contributed by atoms with Crippen LogP contribution < -0.4 is 4.74 Å². The third kappa shape index (κ3) is 3.83. The number of rotatable bonds is 2. The Morgan fingerprint density at radius 3 is 2.44 bits per heavy atom. The number of carbonyl (C=O) groups excluding carboxylic acids is 2. The Morgan fingerprint density at radius 2 is 1.94 bits per heavy atom. The van der Waals surface area contributed by atoms with Crippen molar-refractivity contribution in [3.63, 3.8) is 0 Å². The number of hydrogen-bond donors (Lipinski definition) is 0. The molecule has 0 N–H and O–H groups in total. The van der Waals surface area contributed by atoms with Crippen LogP contribution in [0.2, 0.25) is 0 Å². The van der Waals surface area contributed by atoms with E-state index in [1.54, 1.807) is 30.3 Å². The highest BCUT2D eigenvalue weighted by molar-refractivity contribution is 5.73. The van der Waals surface area contributed by atoms with Crippen LogP contribution in [0.1, 0.15) is 13.8 Å². The molecule has 5 nitrogen and oxygen atoms in total. The maximum Gasteiger partial charge on any atom is 0.449 e. The van der Waals surface area contributed by atoms with Gasteiger partial charge in [0.2, 0.25) is 0 Å². The zero-order chi connectivity index (χ0) is 13.5. The van der Waals surface area contributed by atoms with Gasteiger partial charge in [0.25, 0.3) is 0 Å². The number of hydrogen-bond acceptors (Lipinski definition) is 4. The van der Waals surface area contributed by atoms with Crippen molar-refractivity contribution in [2.75, 3.05) is 0 Å². The summed E-state index contributed by atoms with van der Waals surface area (Å²) in [6.45, 7) is 2.71. The number of benzene rings is 1. The fourth-order valence-electron chi connectivity index (χ4n) is 1.11. The quantitative estimate of drug-likeness (QED) is 0.592. The molecule has 94 valence electrons. The average Bonchev–Trinajstić information content (AvgIpc) is 2.36. The molecule has 0 spiro atoms. The van der Waals surface area contributed by atoms with Crippen molar-refractivity contribution in [2.45, 2.75) is 19.9 Å². The first kappa shape index (κ1) is 13.6. The molecule has 1 rings (SSSR count). The number of para-hydroxylation sites is 1. The number of nitrogens with zero attached hydrogens (tertiary/aromatic N) is 1. The lowest BCUT2D eigenvalue weighted by molar-refractivity contribution is -0.180. The fourth-order valence-corrected chi connectivity index (χ4v) is 1.11. The van der Waals surface area contributed by atoms with E-state index in [1.807, 2.05) is 0 Å². The van der Waals surface area contributed by atoms with Crippen LogP contribution >= 0.6 is 0 Å². The minimum Gasteiger partial charge on any atom is -0.408 e. The number of carbonyl (C=O) groups is 2. The molecule has 0 saturated carbocycles. The summed E-state index contributed by atoms with van der Waals surface area (Å²) in [4.78, 5) is 27.4. The van der Waals surface area contributed by atoms with Crippen LogP contribution in [0.3, 0.4) is 0 Å². The van der Waals surface area contributed by atoms with Gasteiger partial charge < -0.3 is 9.57 Å². The second-order valence-electron chi connectivity index (χ2n) is 3.43. The van der Waals surface area contributed by atoms with Crippen LogP contribution in [0.15, 0.2) is 30.3 Å². The van der Waals surface area contributed by atoms with Crippen molar-refractivity contribution in [1.29, 1.82) is 0 Å². The molecule has 0 fully saturated rings. The monoisotopic (exact) mass is 247 g/mol. The topological polar surface area (TPSA) is 55.8 Å². The van der Waals surface area contributed by atoms with E-state index in [4.69, 9.17) is 16.0 Å². The number of ether oxygens (including phenoxy) is 1. The molecule has 0 radical (unpaired) electrons. The van der Waals surface area contributed by atoms with Crippen LogP contribution in [0, 0.1) is 12.3 Å². The molecular weight excluding hydrogens is 234 g/mol. The molecule has 0 bridgehead atoms. The van der Waals surface area contributed by atoms with Crippen LogP contribution in [0.4, 0.5) is 4.79 Å². The molecule has 0 aliphatic rings. The summed E-state index contributed by atoms with van der Waals surface area (Å²) in [6.07, 6.45) is 4.34. The molecule has 1 atom stereocenters. The van der Waals surface area contributed by atoms with Gasteiger partial charge in [0.1, 0.15) is 11.8 Å². The van der Waals surface area contributed by atoms with E-state index in [1.165, 1.54) is 13.8 Å². The summed E-state index contributed by atoms with van der Waals surface area (Å²) in [5, 5.41) is 0.718. The number of hydroxylamine groups is 2. The summed E-state index contributed by atoms with van der Waals surface area (Å²) >= 11 is 0. The maximum absolute atomic E-state index is 11.8. The molecule has 0 aliphatic carbocycles. The Bertz CT molecular complexity index is 464. The maximum atomic E-state index is 11.8. The van der Waals surface area contributed by atoms with Crippen LogP contribution in [-0.4, -0.2) is 23.2 Å². The van der Waals surface area contributed by atoms with E-state index < -0.39 is 18.1 Å². The molecule has 0 heterocycles. The van der Waals surface area contributed by atoms with Gasteiger partial charge >= 0.3 is 12.1 Å². The van der Waals surface area contributed by atoms with Gasteiger partial charge in [0.05, 0.1) is 0 Å². The van der Waals surface area contributed by atoms with Gasteiger partial charge in [-0.05, 0) is 19.1 Å². The highest BCUT2D eigenvalue weighted by Crippen LogP contribution is 2.12. The molecule has 0 unspecified atom stereocenters. The minimum atomic E-state index is -0.846. The highest BCUT2D eigenvalue weighted by Gasteiger charge is 2.24. The van der Waals surface area contributed by atoms with Crippen molar-refractivity contribution >= 4 is 12.1 Å². The molecule has 5 heteroatoms. The lowest BCUT2D eigenvalue weighted by Crippen LogP contribution is -2.41. The second kappa shape index (κ2) is 6.30. The van der Waals surface area contributed by atoms with Gasteiger partial charge in [-0.25, -0.2) is 4.79 Å². The summed E-state index contributed by atoms with van der Waals surface area (Å²) in [5.74, 6) is 1.97. The average molecular weight is 247 g/mol. The Morgan fingerprint density at radius 1 is 1.33 bits per heavy atom. The van der Waals surface area contributed by atoms with E-state index in [2.05, 4.69) is 5.92 Å². The molecular formula is C13H13NO4. The van der Waals surface area contributed by atoms with Gasteiger partial charge in [-0.3, -0.25) is 4.79 Å². The van der Waals surface area contributed by atoms with Crippen molar-refractivity contribution in [2.24, 2.45) is 0 Å². The van der Waals surface area contributed by atoms with E-state index in [9.17, 15) is 9.59 Å². The van der Waals surface area contributed by atoms with E-state index in [0.29, 0.717) is 5.75 Å². The normalized spacial score (nSPS) is 10.9. The third-order valence-corrected chi connectivity index (χ3v) is 1.95. The third-order valence-electron chi connectivity index (χ3n) is 1.95. The Hall–Kier alpha value is -2.48. The SMILES string of the molecule is C#C[C@@H](C)N(OC(C)=O)C(=O)Oc1ccccc1. The van der Waals surface area contributed by atoms with Crippen molar-refractivity contribution in [3.8, 4) is 18.1 Å². The second-order valence-corrected chi connectivity index (χ2v) is 3.43. The highest BCUT2D eigenvalue weighted by atomic mass is 16.8. The van der Waals surface area contributed by atoms with E-state index in [0.717, 1.165) is 5.06 Å². The lowest BCUT2D eigenvalue weighted by Gasteiger charge is -2.22. The standard InChI is InChI=1S/C13H13NO4/c1-4-10(2)14(18-11(3)15)13(16)17-12-8-6-5-7-9-12/h1,5-10H,2-3H3/t10-/m1/s1. The van der Waals surface area contributed by atoms with Crippen LogP contribution in [-0.2, 0) is 9.63 Å². The smallest absolute Gasteiger partial charge is 0.408 e. The first-order valence-corrected chi connectivity index (χ1v) is 5.25. The van der Waals surface area contributed by atoms with Gasteiger partial charge in [-0.2, -0.15) is 0 Å². The van der Waals surface area contributed by atoms with E-state index >= 15 is 0 Å². The summed E-state index contributed by atoms with van der Waals surface area (Å²) in [5.41, 5.74) is 0. The molecule has 18 heavy (non-hydrogen) atoms. The number of amides is 1. The molecule has 0 aliphatic heterocycles. The lowest BCUT2D eigenvalue weighted by atomic mass is 10.3. The zero-order valence-corrected chi connectivity index (χ0v) is 10.1. The van der Waals surface area contributed by atoms with Gasteiger partial charge in [0, 0.05) is 6.92 Å². The van der Waals surface area contributed by atoms with Gasteiger partial charge in [-0.15, -0.1) is 11.5 Å². The zero-order valence-electron chi connectivity index (χ0n) is 10.1. The van der Waals surface area contributed by atoms with Crippen LogP contribution in [0.25, 0.3) is 0 Å². The Kier molecular flexibility index (Phi) is 4.76. The predicted molar refractivity (Wildman–Crippen MR) is 64.4 cm³/mol. The minimum absolute atomic E-state index is 0.337. The predicted octanol–water partition coefficient (Wildman–Crippen LogP) is 1.99. The van der Waals surface area contributed by atoms with Crippen LogP contribution in [0.5, 0.6) is 5.75 Å². The summed E-state index contributed by atoms with van der Waals surface area (Å²) in [6, 6.07) is 7.69. The Balaban J connectivity index is 2.77. The molecule has 0 saturated heterocycles.